The molecule has 2 heterocycles. The van der Waals surface area contributed by atoms with Crippen LogP contribution >= 0.6 is 0 Å². The largest absolute Gasteiger partial charge is 0.483 e. The van der Waals surface area contributed by atoms with Crippen LogP contribution in [0.1, 0.15) is 17.3 Å². The van der Waals surface area contributed by atoms with E-state index in [2.05, 4.69) is 9.97 Å². The molecule has 116 valence electrons. The summed E-state index contributed by atoms with van der Waals surface area (Å²) in [5.74, 6) is -0.321. The van der Waals surface area contributed by atoms with Gasteiger partial charge in [-0.2, -0.15) is 0 Å². The summed E-state index contributed by atoms with van der Waals surface area (Å²) >= 11 is 0. The van der Waals surface area contributed by atoms with Crippen molar-refractivity contribution in [2.24, 2.45) is 0 Å². The van der Waals surface area contributed by atoms with Crippen LogP contribution in [0.15, 0.2) is 48.8 Å². The number of hydrogen-bond donors (Lipinski definition) is 1. The summed E-state index contributed by atoms with van der Waals surface area (Å²) in [5.41, 5.74) is 2.74. The molecule has 0 saturated heterocycles. The van der Waals surface area contributed by atoms with Crippen LogP contribution in [0.4, 0.5) is 4.39 Å². The minimum atomic E-state index is -0.304. The maximum absolute atomic E-state index is 13.1. The highest BCUT2D eigenvalue weighted by Crippen LogP contribution is 2.21. The predicted molar refractivity (Wildman–Crippen MR) is 83.6 cm³/mol. The molecule has 0 unspecified atom stereocenters. The van der Waals surface area contributed by atoms with Gasteiger partial charge in [0, 0.05) is 35.0 Å². The highest BCUT2D eigenvalue weighted by Gasteiger charge is 2.05. The standard InChI is InChI=1S/C16H11FN2O.CH2O2/c1-10(20)12-3-5-15(18-8-12)13-6-11-2-4-14(17)7-16(11)19-9-13;2-1-3/h2-9H,1H3;1H,(H,2,3). The van der Waals surface area contributed by atoms with Gasteiger partial charge in [0.15, 0.2) is 5.78 Å². The van der Waals surface area contributed by atoms with Crippen LogP contribution in [-0.4, -0.2) is 27.3 Å². The smallest absolute Gasteiger partial charge is 0.290 e. The van der Waals surface area contributed by atoms with E-state index in [1.165, 1.54) is 19.1 Å². The monoisotopic (exact) mass is 312 g/mol. The van der Waals surface area contributed by atoms with Gasteiger partial charge in [-0.25, -0.2) is 4.39 Å². The van der Waals surface area contributed by atoms with E-state index in [9.17, 15) is 9.18 Å². The fourth-order valence-corrected chi connectivity index (χ4v) is 2.01. The Labute approximate surface area is 131 Å². The van der Waals surface area contributed by atoms with Crippen LogP contribution in [0, 0.1) is 5.82 Å². The third kappa shape index (κ3) is 3.94. The fourth-order valence-electron chi connectivity index (χ4n) is 2.01. The Morgan fingerprint density at radius 1 is 1.13 bits per heavy atom. The minimum absolute atomic E-state index is 0.0174. The quantitative estimate of drug-likeness (QED) is 0.580. The molecule has 3 rings (SSSR count). The maximum Gasteiger partial charge on any atom is 0.290 e. The van der Waals surface area contributed by atoms with Gasteiger partial charge in [-0.15, -0.1) is 0 Å². The van der Waals surface area contributed by atoms with Gasteiger partial charge in [0.25, 0.3) is 6.47 Å². The third-order valence-electron chi connectivity index (χ3n) is 3.11. The summed E-state index contributed by atoms with van der Waals surface area (Å²) in [7, 11) is 0. The maximum atomic E-state index is 13.1. The number of benzene rings is 1. The summed E-state index contributed by atoms with van der Waals surface area (Å²) in [5, 5.41) is 7.74. The van der Waals surface area contributed by atoms with E-state index in [1.807, 2.05) is 6.07 Å². The number of pyridine rings is 2. The van der Waals surface area contributed by atoms with Crippen molar-refractivity contribution in [3.63, 3.8) is 0 Å². The van der Waals surface area contributed by atoms with Gasteiger partial charge in [-0.1, -0.05) is 0 Å². The molecule has 0 atom stereocenters. The second kappa shape index (κ2) is 7.22. The summed E-state index contributed by atoms with van der Waals surface area (Å²) in [6.07, 6.45) is 3.20. The van der Waals surface area contributed by atoms with Gasteiger partial charge in [0.05, 0.1) is 11.2 Å². The van der Waals surface area contributed by atoms with Gasteiger partial charge in [0.1, 0.15) is 5.82 Å². The number of carbonyl (C=O) groups is 2. The first-order valence-corrected chi connectivity index (χ1v) is 6.65. The molecule has 0 radical (unpaired) electrons. The van der Waals surface area contributed by atoms with Crippen LogP contribution in [0.25, 0.3) is 22.2 Å². The Hall–Kier alpha value is -3.15. The van der Waals surface area contributed by atoms with E-state index in [4.69, 9.17) is 9.90 Å². The summed E-state index contributed by atoms with van der Waals surface area (Å²) < 4.78 is 13.1. The summed E-state index contributed by atoms with van der Waals surface area (Å²) in [6, 6.07) is 9.90. The zero-order valence-corrected chi connectivity index (χ0v) is 12.2. The van der Waals surface area contributed by atoms with Gasteiger partial charge >= 0.3 is 0 Å². The van der Waals surface area contributed by atoms with Crippen molar-refractivity contribution >= 4 is 23.2 Å². The normalized spacial score (nSPS) is 9.83. The second-order valence-electron chi connectivity index (χ2n) is 4.65. The lowest BCUT2D eigenvalue weighted by Crippen LogP contribution is -1.94. The summed E-state index contributed by atoms with van der Waals surface area (Å²) in [4.78, 5) is 28.1. The number of nitrogens with zero attached hydrogens (tertiary/aromatic N) is 2. The number of ketones is 1. The molecule has 6 heteroatoms. The van der Waals surface area contributed by atoms with Crippen molar-refractivity contribution in [1.82, 2.24) is 9.97 Å². The fraction of sp³-hybridized carbons (Fsp3) is 0.0588. The van der Waals surface area contributed by atoms with Gasteiger partial charge in [-0.3, -0.25) is 19.6 Å². The highest BCUT2D eigenvalue weighted by molar-refractivity contribution is 5.94. The average Bonchev–Trinajstić information content (AvgIpc) is 2.55. The number of rotatable bonds is 2. The number of fused-ring (bicyclic) bond motifs is 1. The Morgan fingerprint density at radius 3 is 2.48 bits per heavy atom. The Morgan fingerprint density at radius 2 is 1.87 bits per heavy atom. The first kappa shape index (κ1) is 16.2. The molecule has 1 aromatic carbocycles. The minimum Gasteiger partial charge on any atom is -0.483 e. The van der Waals surface area contributed by atoms with Gasteiger partial charge < -0.3 is 5.11 Å². The number of Topliss-reactive ketones (excluding diaryl/α,β-unsaturated/α-hetero) is 1. The molecule has 0 aliphatic carbocycles. The number of carbonyl (C=O) groups excluding carboxylic acids is 1. The molecule has 0 spiro atoms. The average molecular weight is 312 g/mol. The van der Waals surface area contributed by atoms with Crippen LogP contribution in [0.3, 0.4) is 0 Å². The van der Waals surface area contributed by atoms with Crippen LogP contribution in [0.5, 0.6) is 0 Å². The molecule has 2 aromatic heterocycles. The molecule has 23 heavy (non-hydrogen) atoms. The van der Waals surface area contributed by atoms with E-state index in [1.54, 1.807) is 30.6 Å². The Balaban J connectivity index is 0.000000595. The topological polar surface area (TPSA) is 80.2 Å². The van der Waals surface area contributed by atoms with E-state index >= 15 is 0 Å². The lowest BCUT2D eigenvalue weighted by atomic mass is 10.1. The molecule has 0 aliphatic heterocycles. The van der Waals surface area contributed by atoms with Crippen molar-refractivity contribution in [3.8, 4) is 11.3 Å². The molecule has 0 fully saturated rings. The van der Waals surface area contributed by atoms with Crippen molar-refractivity contribution < 1.29 is 19.1 Å². The van der Waals surface area contributed by atoms with Gasteiger partial charge in [0.2, 0.25) is 0 Å². The van der Waals surface area contributed by atoms with Crippen LogP contribution in [-0.2, 0) is 4.79 Å². The molecule has 0 saturated carbocycles. The predicted octanol–water partition coefficient (Wildman–Crippen LogP) is 3.34. The number of carboxylic acid groups (broad SMARTS) is 1. The van der Waals surface area contributed by atoms with E-state index < -0.39 is 0 Å². The first-order chi connectivity index (χ1) is 11.0. The van der Waals surface area contributed by atoms with E-state index in [0.717, 1.165) is 16.6 Å². The molecule has 1 N–H and O–H groups in total. The zero-order valence-electron chi connectivity index (χ0n) is 12.2. The van der Waals surface area contributed by atoms with Gasteiger partial charge in [-0.05, 0) is 37.3 Å². The number of aromatic nitrogens is 2. The first-order valence-electron chi connectivity index (χ1n) is 6.65. The molecule has 0 aliphatic rings. The Bertz CT molecular complexity index is 848. The van der Waals surface area contributed by atoms with Crippen molar-refractivity contribution in [2.45, 2.75) is 6.92 Å². The SMILES string of the molecule is CC(=O)c1ccc(-c2cnc3cc(F)ccc3c2)nc1.O=CO. The third-order valence-corrected chi connectivity index (χ3v) is 3.11. The van der Waals surface area contributed by atoms with E-state index in [0.29, 0.717) is 11.1 Å². The lowest BCUT2D eigenvalue weighted by Gasteiger charge is -2.03. The second-order valence-corrected chi connectivity index (χ2v) is 4.65. The molecule has 5 nitrogen and oxygen atoms in total. The van der Waals surface area contributed by atoms with Crippen molar-refractivity contribution in [1.29, 1.82) is 0 Å². The number of hydrogen-bond acceptors (Lipinski definition) is 4. The summed E-state index contributed by atoms with van der Waals surface area (Å²) in [6.45, 7) is 1.25. The zero-order chi connectivity index (χ0) is 16.8. The van der Waals surface area contributed by atoms with Crippen LogP contribution in [0.2, 0.25) is 0 Å². The molecule has 0 amide bonds. The highest BCUT2D eigenvalue weighted by atomic mass is 19.1. The Kier molecular flexibility index (Phi) is 5.09. The molecule has 3 aromatic rings. The number of halogens is 1. The lowest BCUT2D eigenvalue weighted by molar-refractivity contribution is -0.122. The van der Waals surface area contributed by atoms with Crippen molar-refractivity contribution in [3.05, 3.63) is 60.2 Å². The molecular weight excluding hydrogens is 299 g/mol. The molecular formula is C17H13FN2O3. The molecule has 0 bridgehead atoms. The van der Waals surface area contributed by atoms with Crippen LogP contribution < -0.4 is 0 Å². The van der Waals surface area contributed by atoms with Crippen molar-refractivity contribution in [2.75, 3.05) is 0 Å². The van der Waals surface area contributed by atoms with E-state index in [-0.39, 0.29) is 18.1 Å².